The van der Waals surface area contributed by atoms with E-state index in [1.54, 1.807) is 0 Å². The molecule has 0 bridgehead atoms. The molecule has 0 atom stereocenters. The van der Waals surface area contributed by atoms with Crippen molar-refractivity contribution < 1.29 is 14.3 Å². The molecule has 0 aliphatic rings. The van der Waals surface area contributed by atoms with Crippen molar-refractivity contribution in [3.05, 3.63) is 71.8 Å². The van der Waals surface area contributed by atoms with Gasteiger partial charge in [-0.15, -0.1) is 0 Å². The zero-order chi connectivity index (χ0) is 15.1. The fourth-order valence-corrected chi connectivity index (χ4v) is 1.89. The van der Waals surface area contributed by atoms with Gasteiger partial charge in [0.2, 0.25) is 0 Å². The molecule has 0 spiro atoms. The Labute approximate surface area is 124 Å². The van der Waals surface area contributed by atoms with Crippen molar-refractivity contribution >= 4 is 11.5 Å². The number of carbonyl (C=O) groups excluding carboxylic acids is 1. The molecule has 0 radical (unpaired) electrons. The van der Waals surface area contributed by atoms with Crippen molar-refractivity contribution in [2.45, 2.75) is 13.5 Å². The molecule has 0 amide bonds. The Kier molecular flexibility index (Phi) is 5.16. The van der Waals surface area contributed by atoms with Crippen LogP contribution in [0.2, 0.25) is 0 Å². The summed E-state index contributed by atoms with van der Waals surface area (Å²) in [5.41, 5.74) is 2.89. The van der Waals surface area contributed by atoms with E-state index in [-0.39, 0.29) is 5.97 Å². The van der Waals surface area contributed by atoms with Gasteiger partial charge in [0, 0.05) is 6.08 Å². The largest absolute Gasteiger partial charge is 0.489 e. The first-order valence-electron chi connectivity index (χ1n) is 6.72. The maximum atomic E-state index is 11.3. The van der Waals surface area contributed by atoms with Gasteiger partial charge in [-0.05, 0) is 35.8 Å². The van der Waals surface area contributed by atoms with E-state index in [0.717, 1.165) is 22.4 Å². The number of hydrogen-bond acceptors (Lipinski definition) is 3. The first kappa shape index (κ1) is 14.9. The number of rotatable bonds is 5. The number of methoxy groups -OCH3 is 1. The lowest BCUT2D eigenvalue weighted by Crippen LogP contribution is -1.97. The molecular formula is C18H18O3. The molecule has 0 aliphatic carbocycles. The van der Waals surface area contributed by atoms with Gasteiger partial charge in [0.05, 0.1) is 7.11 Å². The molecule has 21 heavy (non-hydrogen) atoms. The first-order valence-corrected chi connectivity index (χ1v) is 6.72. The topological polar surface area (TPSA) is 35.5 Å². The van der Waals surface area contributed by atoms with Crippen LogP contribution in [-0.2, 0) is 16.1 Å². The molecular weight excluding hydrogens is 264 g/mol. The van der Waals surface area contributed by atoms with Crippen LogP contribution in [-0.4, -0.2) is 13.1 Å². The van der Waals surface area contributed by atoms with Crippen molar-refractivity contribution in [2.24, 2.45) is 0 Å². The molecule has 3 nitrogen and oxygen atoms in total. The van der Waals surface area contributed by atoms with Crippen molar-refractivity contribution in [3.8, 4) is 5.75 Å². The normalized spacial score (nSPS) is 11.0. The van der Waals surface area contributed by atoms with Gasteiger partial charge < -0.3 is 9.47 Å². The molecule has 0 N–H and O–H groups in total. The molecule has 0 unspecified atom stereocenters. The van der Waals surface area contributed by atoms with Crippen LogP contribution in [0.3, 0.4) is 0 Å². The summed E-state index contributed by atoms with van der Waals surface area (Å²) in [4.78, 5) is 11.3. The zero-order valence-electron chi connectivity index (χ0n) is 12.2. The van der Waals surface area contributed by atoms with E-state index in [0.29, 0.717) is 6.61 Å². The van der Waals surface area contributed by atoms with Crippen LogP contribution >= 0.6 is 0 Å². The number of allylic oxidation sites excluding steroid dienone is 1. The molecule has 2 aromatic carbocycles. The third kappa shape index (κ3) is 4.49. The molecule has 0 aromatic heterocycles. The van der Waals surface area contributed by atoms with Crippen LogP contribution in [0.1, 0.15) is 18.1 Å². The number of carbonyl (C=O) groups is 1. The second kappa shape index (κ2) is 7.29. The van der Waals surface area contributed by atoms with Gasteiger partial charge in [0.15, 0.2) is 0 Å². The molecule has 0 fully saturated rings. The average Bonchev–Trinajstić information content (AvgIpc) is 2.54. The Morgan fingerprint density at radius 1 is 1.10 bits per heavy atom. The summed E-state index contributed by atoms with van der Waals surface area (Å²) in [7, 11) is 1.37. The predicted octanol–water partition coefficient (Wildman–Crippen LogP) is 3.84. The lowest BCUT2D eigenvalue weighted by atomic mass is 10.1. The van der Waals surface area contributed by atoms with Crippen molar-refractivity contribution in [1.29, 1.82) is 0 Å². The Morgan fingerprint density at radius 3 is 2.57 bits per heavy atom. The Balaban J connectivity index is 2.07. The highest BCUT2D eigenvalue weighted by molar-refractivity contribution is 5.90. The maximum Gasteiger partial charge on any atom is 0.330 e. The van der Waals surface area contributed by atoms with E-state index in [1.165, 1.54) is 13.2 Å². The lowest BCUT2D eigenvalue weighted by molar-refractivity contribution is -0.134. The van der Waals surface area contributed by atoms with E-state index < -0.39 is 0 Å². The lowest BCUT2D eigenvalue weighted by Gasteiger charge is -2.08. The third-order valence-electron chi connectivity index (χ3n) is 3.07. The van der Waals surface area contributed by atoms with E-state index in [9.17, 15) is 4.79 Å². The quantitative estimate of drug-likeness (QED) is 0.617. The summed E-state index contributed by atoms with van der Waals surface area (Å²) in [6.07, 6.45) is 1.47. The number of ether oxygens (including phenoxy) is 2. The van der Waals surface area contributed by atoms with Crippen molar-refractivity contribution in [1.82, 2.24) is 0 Å². The second-order valence-electron chi connectivity index (χ2n) is 4.65. The monoisotopic (exact) mass is 282 g/mol. The van der Waals surface area contributed by atoms with E-state index >= 15 is 0 Å². The van der Waals surface area contributed by atoms with Gasteiger partial charge in [-0.1, -0.05) is 42.5 Å². The minimum atomic E-state index is -0.358. The Bertz CT molecular complexity index is 630. The Morgan fingerprint density at radius 2 is 1.86 bits per heavy atom. The third-order valence-corrected chi connectivity index (χ3v) is 3.07. The summed E-state index contributed by atoms with van der Waals surface area (Å²) in [6.45, 7) is 2.39. The fourth-order valence-electron chi connectivity index (χ4n) is 1.89. The summed E-state index contributed by atoms with van der Waals surface area (Å²) >= 11 is 0. The molecule has 2 aromatic rings. The summed E-state index contributed by atoms with van der Waals surface area (Å²) in [6, 6.07) is 17.6. The predicted molar refractivity (Wildman–Crippen MR) is 82.9 cm³/mol. The van der Waals surface area contributed by atoms with Crippen LogP contribution in [0, 0.1) is 0 Å². The minimum absolute atomic E-state index is 0.358. The number of benzene rings is 2. The molecule has 0 saturated heterocycles. The highest BCUT2D eigenvalue weighted by Crippen LogP contribution is 2.20. The first-order chi connectivity index (χ1) is 10.2. The highest BCUT2D eigenvalue weighted by Gasteiger charge is 2.02. The van der Waals surface area contributed by atoms with Crippen LogP contribution in [0.25, 0.3) is 5.57 Å². The van der Waals surface area contributed by atoms with Gasteiger partial charge in [-0.3, -0.25) is 0 Å². The van der Waals surface area contributed by atoms with Crippen LogP contribution in [0.15, 0.2) is 60.7 Å². The molecule has 3 heteroatoms. The highest BCUT2D eigenvalue weighted by atomic mass is 16.5. The van der Waals surface area contributed by atoms with Crippen molar-refractivity contribution in [2.75, 3.05) is 7.11 Å². The van der Waals surface area contributed by atoms with Gasteiger partial charge in [0.25, 0.3) is 0 Å². The van der Waals surface area contributed by atoms with Crippen LogP contribution in [0.4, 0.5) is 0 Å². The van der Waals surface area contributed by atoms with E-state index in [2.05, 4.69) is 4.74 Å². The summed E-state index contributed by atoms with van der Waals surface area (Å²) < 4.78 is 10.4. The smallest absolute Gasteiger partial charge is 0.330 e. The van der Waals surface area contributed by atoms with Crippen molar-refractivity contribution in [3.63, 3.8) is 0 Å². The molecule has 108 valence electrons. The Hall–Kier alpha value is -2.55. The number of hydrogen-bond donors (Lipinski definition) is 0. The van der Waals surface area contributed by atoms with Crippen LogP contribution in [0.5, 0.6) is 5.75 Å². The minimum Gasteiger partial charge on any atom is -0.489 e. The maximum absolute atomic E-state index is 11.3. The number of esters is 1. The summed E-state index contributed by atoms with van der Waals surface area (Å²) in [5, 5.41) is 0. The average molecular weight is 282 g/mol. The molecule has 0 saturated carbocycles. The van der Waals surface area contributed by atoms with Gasteiger partial charge >= 0.3 is 5.97 Å². The van der Waals surface area contributed by atoms with Gasteiger partial charge in [-0.2, -0.15) is 0 Å². The SMILES string of the molecule is COC(=O)/C=C(\C)c1cccc(OCc2ccccc2)c1. The molecule has 2 rings (SSSR count). The van der Waals surface area contributed by atoms with Gasteiger partial charge in [0.1, 0.15) is 12.4 Å². The summed E-state index contributed by atoms with van der Waals surface area (Å²) in [5.74, 6) is 0.414. The van der Waals surface area contributed by atoms with Crippen LogP contribution < -0.4 is 4.74 Å². The van der Waals surface area contributed by atoms with E-state index in [1.807, 2.05) is 61.5 Å². The second-order valence-corrected chi connectivity index (χ2v) is 4.65. The fraction of sp³-hybridized carbons (Fsp3) is 0.167. The molecule has 0 aliphatic heterocycles. The van der Waals surface area contributed by atoms with Gasteiger partial charge in [-0.25, -0.2) is 4.79 Å². The molecule has 0 heterocycles. The standard InChI is InChI=1S/C18H18O3/c1-14(11-18(19)20-2)16-9-6-10-17(12-16)21-13-15-7-4-3-5-8-15/h3-12H,13H2,1-2H3/b14-11+. The zero-order valence-corrected chi connectivity index (χ0v) is 12.2. The van der Waals surface area contributed by atoms with E-state index in [4.69, 9.17) is 4.74 Å².